The van der Waals surface area contributed by atoms with Gasteiger partial charge in [0.2, 0.25) is 11.8 Å². The third kappa shape index (κ3) is 3.88. The molecule has 2 amide bonds. The predicted octanol–water partition coefficient (Wildman–Crippen LogP) is 1.51. The Morgan fingerprint density at radius 3 is 2.50 bits per heavy atom. The quantitative estimate of drug-likeness (QED) is 0.625. The maximum absolute atomic E-state index is 12.5. The maximum atomic E-state index is 12.5. The molecule has 8 heteroatoms. The van der Waals surface area contributed by atoms with E-state index in [1.54, 1.807) is 0 Å². The monoisotopic (exact) mass is 334 g/mol. The molecular formula is C16H22N4O4. The Bertz CT molecular complexity index is 629. The number of hydrogen-bond acceptors (Lipinski definition) is 5. The summed E-state index contributed by atoms with van der Waals surface area (Å²) in [6.45, 7) is 4.24. The molecule has 1 fully saturated rings. The summed E-state index contributed by atoms with van der Waals surface area (Å²) >= 11 is 0. The van der Waals surface area contributed by atoms with E-state index in [1.807, 2.05) is 13.8 Å². The van der Waals surface area contributed by atoms with E-state index in [0.717, 1.165) is 6.42 Å². The number of nitrogens with one attached hydrogen (secondary N) is 1. The van der Waals surface area contributed by atoms with E-state index < -0.39 is 17.0 Å². The molecule has 1 saturated heterocycles. The van der Waals surface area contributed by atoms with E-state index in [4.69, 9.17) is 5.73 Å². The number of anilines is 1. The van der Waals surface area contributed by atoms with Crippen LogP contribution in [0.25, 0.3) is 0 Å². The van der Waals surface area contributed by atoms with Crippen molar-refractivity contribution in [3.8, 4) is 0 Å². The summed E-state index contributed by atoms with van der Waals surface area (Å²) in [5, 5.41) is 13.3. The van der Waals surface area contributed by atoms with Gasteiger partial charge in [-0.15, -0.1) is 0 Å². The zero-order valence-corrected chi connectivity index (χ0v) is 13.8. The fourth-order valence-corrected chi connectivity index (χ4v) is 2.67. The molecule has 0 aliphatic carbocycles. The van der Waals surface area contributed by atoms with Crippen molar-refractivity contribution in [3.63, 3.8) is 0 Å². The van der Waals surface area contributed by atoms with Crippen molar-refractivity contribution in [2.24, 2.45) is 11.7 Å². The van der Waals surface area contributed by atoms with E-state index in [2.05, 4.69) is 5.32 Å². The molecule has 1 aromatic carbocycles. The number of hydrogen-bond donors (Lipinski definition) is 2. The van der Waals surface area contributed by atoms with Gasteiger partial charge in [0.1, 0.15) is 6.04 Å². The summed E-state index contributed by atoms with van der Waals surface area (Å²) in [4.78, 5) is 36.6. The van der Waals surface area contributed by atoms with Gasteiger partial charge in [-0.3, -0.25) is 19.7 Å². The first-order chi connectivity index (χ1) is 11.3. The van der Waals surface area contributed by atoms with Crippen molar-refractivity contribution >= 4 is 23.2 Å². The lowest BCUT2D eigenvalue weighted by molar-refractivity contribution is -0.384. The number of nitro benzene ring substituents is 1. The first-order valence-electron chi connectivity index (χ1n) is 7.92. The average molecular weight is 334 g/mol. The van der Waals surface area contributed by atoms with Crippen LogP contribution in [0.1, 0.15) is 26.7 Å². The summed E-state index contributed by atoms with van der Waals surface area (Å²) in [6.07, 6.45) is 1.32. The molecule has 0 spiro atoms. The van der Waals surface area contributed by atoms with Gasteiger partial charge in [0.25, 0.3) is 5.69 Å². The number of nitrogens with zero attached hydrogens (tertiary/aromatic N) is 2. The van der Waals surface area contributed by atoms with E-state index in [1.165, 1.54) is 29.2 Å². The minimum absolute atomic E-state index is 0.00326. The second-order valence-corrected chi connectivity index (χ2v) is 6.25. The van der Waals surface area contributed by atoms with Crippen molar-refractivity contribution in [1.82, 2.24) is 4.90 Å². The lowest BCUT2D eigenvalue weighted by atomic mass is 10.0. The molecule has 0 bridgehead atoms. The first-order valence-corrected chi connectivity index (χ1v) is 7.92. The Morgan fingerprint density at radius 2 is 1.96 bits per heavy atom. The van der Waals surface area contributed by atoms with Crippen molar-refractivity contribution in [3.05, 3.63) is 34.4 Å². The van der Waals surface area contributed by atoms with Gasteiger partial charge in [0.15, 0.2) is 0 Å². The van der Waals surface area contributed by atoms with E-state index in [9.17, 15) is 19.7 Å². The van der Waals surface area contributed by atoms with Gasteiger partial charge in [0, 0.05) is 24.4 Å². The van der Waals surface area contributed by atoms with Crippen molar-refractivity contribution in [1.29, 1.82) is 0 Å². The number of nitro groups is 1. The molecular weight excluding hydrogens is 312 g/mol. The lowest BCUT2D eigenvalue weighted by Gasteiger charge is -2.28. The van der Waals surface area contributed by atoms with Crippen LogP contribution in [-0.2, 0) is 9.59 Å². The zero-order valence-electron chi connectivity index (χ0n) is 13.8. The molecule has 0 unspecified atom stereocenters. The molecule has 3 N–H and O–H groups in total. The van der Waals surface area contributed by atoms with E-state index >= 15 is 0 Å². The second-order valence-electron chi connectivity index (χ2n) is 6.25. The second kappa shape index (κ2) is 7.39. The van der Waals surface area contributed by atoms with Gasteiger partial charge in [-0.25, -0.2) is 0 Å². The highest BCUT2D eigenvalue weighted by atomic mass is 16.6. The first kappa shape index (κ1) is 17.9. The van der Waals surface area contributed by atoms with Crippen molar-refractivity contribution < 1.29 is 14.5 Å². The van der Waals surface area contributed by atoms with Crippen LogP contribution >= 0.6 is 0 Å². The Morgan fingerprint density at radius 1 is 1.33 bits per heavy atom. The number of amides is 2. The molecule has 2 atom stereocenters. The van der Waals surface area contributed by atoms with Crippen LogP contribution in [0.2, 0.25) is 0 Å². The number of nitrogens with two attached hydrogens (primary N) is 1. The number of benzene rings is 1. The van der Waals surface area contributed by atoms with Gasteiger partial charge in [-0.1, -0.05) is 13.8 Å². The van der Waals surface area contributed by atoms with Gasteiger partial charge in [-0.05, 0) is 30.9 Å². The summed E-state index contributed by atoms with van der Waals surface area (Å²) in [5.41, 5.74) is 6.32. The Labute approximate surface area is 140 Å². The average Bonchev–Trinajstić information content (AvgIpc) is 3.03. The topological polar surface area (TPSA) is 119 Å². The lowest BCUT2D eigenvalue weighted by Crippen LogP contribution is -2.51. The molecule has 2 rings (SSSR count). The highest BCUT2D eigenvalue weighted by molar-refractivity contribution is 5.98. The van der Waals surface area contributed by atoms with E-state index in [-0.39, 0.29) is 23.4 Å². The fourth-order valence-electron chi connectivity index (χ4n) is 2.67. The molecule has 0 saturated carbocycles. The third-order valence-electron chi connectivity index (χ3n) is 4.19. The van der Waals surface area contributed by atoms with Gasteiger partial charge in [-0.2, -0.15) is 0 Å². The smallest absolute Gasteiger partial charge is 0.269 e. The Balaban J connectivity index is 2.05. The Kier molecular flexibility index (Phi) is 5.50. The summed E-state index contributed by atoms with van der Waals surface area (Å²) in [5.74, 6) is -0.520. The number of carbonyl (C=O) groups is 2. The number of non-ortho nitro benzene ring substituents is 1. The van der Waals surface area contributed by atoms with Crippen LogP contribution in [0.3, 0.4) is 0 Å². The highest BCUT2D eigenvalue weighted by Crippen LogP contribution is 2.22. The molecule has 130 valence electrons. The van der Waals surface area contributed by atoms with Crippen LogP contribution in [0, 0.1) is 16.0 Å². The third-order valence-corrected chi connectivity index (χ3v) is 4.19. The SMILES string of the molecule is CC(C)[C@H](N)C(=O)N1CCC[C@H]1C(=O)Nc1ccc([N+](=O)[O-])cc1. The van der Waals surface area contributed by atoms with E-state index in [0.29, 0.717) is 18.7 Å². The maximum Gasteiger partial charge on any atom is 0.269 e. The van der Waals surface area contributed by atoms with Crippen LogP contribution in [0.4, 0.5) is 11.4 Å². The standard InChI is InChI=1S/C16H22N4O4/c1-10(2)14(17)16(22)19-9-3-4-13(19)15(21)18-11-5-7-12(8-6-11)20(23)24/h5-8,10,13-14H,3-4,9,17H2,1-2H3,(H,18,21)/t13-,14-/m0/s1. The number of rotatable bonds is 5. The van der Waals surface area contributed by atoms with Gasteiger partial charge in [0.05, 0.1) is 11.0 Å². The molecule has 0 radical (unpaired) electrons. The number of carbonyl (C=O) groups excluding carboxylic acids is 2. The minimum atomic E-state index is -0.627. The molecule has 1 aliphatic heterocycles. The molecule has 0 aromatic heterocycles. The molecule has 1 aromatic rings. The highest BCUT2D eigenvalue weighted by Gasteiger charge is 2.36. The van der Waals surface area contributed by atoms with Crippen LogP contribution in [-0.4, -0.2) is 40.3 Å². The molecule has 1 aliphatic rings. The van der Waals surface area contributed by atoms with Crippen LogP contribution in [0.5, 0.6) is 0 Å². The van der Waals surface area contributed by atoms with Crippen LogP contribution < -0.4 is 11.1 Å². The zero-order chi connectivity index (χ0) is 17.9. The Hall–Kier alpha value is -2.48. The largest absolute Gasteiger partial charge is 0.329 e. The van der Waals surface area contributed by atoms with Crippen molar-refractivity contribution in [2.75, 3.05) is 11.9 Å². The van der Waals surface area contributed by atoms with Gasteiger partial charge >= 0.3 is 0 Å². The summed E-state index contributed by atoms with van der Waals surface area (Å²) < 4.78 is 0. The molecule has 1 heterocycles. The minimum Gasteiger partial charge on any atom is -0.329 e. The number of likely N-dealkylation sites (tertiary alicyclic amines) is 1. The summed E-state index contributed by atoms with van der Waals surface area (Å²) in [7, 11) is 0. The van der Waals surface area contributed by atoms with Crippen LogP contribution in [0.15, 0.2) is 24.3 Å². The van der Waals surface area contributed by atoms with Crippen molar-refractivity contribution in [2.45, 2.75) is 38.8 Å². The molecule has 8 nitrogen and oxygen atoms in total. The fraction of sp³-hybridized carbons (Fsp3) is 0.500. The van der Waals surface area contributed by atoms with Gasteiger partial charge < -0.3 is 16.0 Å². The predicted molar refractivity (Wildman–Crippen MR) is 89.3 cm³/mol. The normalized spacial score (nSPS) is 18.5. The summed E-state index contributed by atoms with van der Waals surface area (Å²) in [6, 6.07) is 4.40. The molecule has 24 heavy (non-hydrogen) atoms.